The Hall–Kier alpha value is -1.39. The molecule has 0 unspecified atom stereocenters. The maximum atomic E-state index is 10.4. The first-order valence-electron chi connectivity index (χ1n) is 3.30. The van der Waals surface area contributed by atoms with Crippen molar-refractivity contribution in [2.75, 3.05) is 0 Å². The van der Waals surface area contributed by atoms with Gasteiger partial charge in [-0.2, -0.15) is 0 Å². The molecule has 0 aliphatic heterocycles. The Morgan fingerprint density at radius 1 is 1.73 bits per heavy atom. The number of aromatic carboxylic acids is 1. The lowest BCUT2D eigenvalue weighted by molar-refractivity contribution is 0.0689. The van der Waals surface area contributed by atoms with Crippen LogP contribution in [-0.4, -0.2) is 26.1 Å². The van der Waals surface area contributed by atoms with Gasteiger partial charge >= 0.3 is 5.97 Å². The molecular weight excluding hydrogens is 146 g/mol. The zero-order valence-electron chi connectivity index (χ0n) is 6.40. The van der Waals surface area contributed by atoms with Gasteiger partial charge in [-0.25, -0.2) is 9.48 Å². The number of aromatic nitrogens is 3. The number of hydrogen-bond donors (Lipinski definition) is 1. The minimum absolute atomic E-state index is 0.0341. The fourth-order valence-corrected chi connectivity index (χ4v) is 0.858. The predicted molar refractivity (Wildman–Crippen MR) is 37.4 cm³/mol. The van der Waals surface area contributed by atoms with Crippen LogP contribution in [0.5, 0.6) is 0 Å². The lowest BCUT2D eigenvalue weighted by atomic mass is 10.3. The monoisotopic (exact) mass is 155 g/mol. The predicted octanol–water partition coefficient (Wildman–Crippen LogP) is 0.305. The van der Waals surface area contributed by atoms with E-state index in [1.807, 2.05) is 6.92 Å². The normalized spacial score (nSPS) is 10.0. The van der Waals surface area contributed by atoms with Gasteiger partial charge < -0.3 is 5.11 Å². The minimum Gasteiger partial charge on any atom is -0.476 e. The van der Waals surface area contributed by atoms with Crippen LogP contribution in [0.25, 0.3) is 0 Å². The molecule has 1 aromatic heterocycles. The first-order valence-corrected chi connectivity index (χ1v) is 3.30. The van der Waals surface area contributed by atoms with Crippen molar-refractivity contribution in [3.05, 3.63) is 11.4 Å². The SMILES string of the molecule is CCn1nnc(C(=O)O)c1C. The molecule has 0 amide bonds. The van der Waals surface area contributed by atoms with Crippen molar-refractivity contribution in [3.63, 3.8) is 0 Å². The van der Waals surface area contributed by atoms with E-state index < -0.39 is 5.97 Å². The molecule has 0 radical (unpaired) electrons. The number of carboxylic acids is 1. The number of hydrogen-bond acceptors (Lipinski definition) is 3. The second-order valence-electron chi connectivity index (χ2n) is 2.14. The van der Waals surface area contributed by atoms with Gasteiger partial charge in [0.25, 0.3) is 0 Å². The van der Waals surface area contributed by atoms with E-state index in [4.69, 9.17) is 5.11 Å². The molecule has 0 aliphatic carbocycles. The van der Waals surface area contributed by atoms with Crippen LogP contribution in [0.15, 0.2) is 0 Å². The summed E-state index contributed by atoms with van der Waals surface area (Å²) >= 11 is 0. The summed E-state index contributed by atoms with van der Waals surface area (Å²) in [5, 5.41) is 15.7. The summed E-state index contributed by atoms with van der Waals surface area (Å²) in [7, 11) is 0. The Morgan fingerprint density at radius 2 is 2.36 bits per heavy atom. The summed E-state index contributed by atoms with van der Waals surface area (Å²) in [6.07, 6.45) is 0. The van der Waals surface area contributed by atoms with Gasteiger partial charge in [0, 0.05) is 6.54 Å². The van der Waals surface area contributed by atoms with E-state index in [2.05, 4.69) is 10.3 Å². The van der Waals surface area contributed by atoms with Crippen molar-refractivity contribution in [2.24, 2.45) is 0 Å². The summed E-state index contributed by atoms with van der Waals surface area (Å²) < 4.78 is 1.55. The molecule has 1 N–H and O–H groups in total. The smallest absolute Gasteiger partial charge is 0.358 e. The lowest BCUT2D eigenvalue weighted by Crippen LogP contribution is -2.02. The molecule has 0 fully saturated rings. The molecule has 0 saturated carbocycles. The fourth-order valence-electron chi connectivity index (χ4n) is 0.858. The van der Waals surface area contributed by atoms with E-state index in [0.29, 0.717) is 12.2 Å². The average Bonchev–Trinajstić information content (AvgIpc) is 2.30. The summed E-state index contributed by atoms with van der Waals surface area (Å²) in [6.45, 7) is 4.21. The third-order valence-electron chi connectivity index (χ3n) is 1.48. The Balaban J connectivity index is 3.10. The van der Waals surface area contributed by atoms with E-state index >= 15 is 0 Å². The van der Waals surface area contributed by atoms with Gasteiger partial charge in [0.2, 0.25) is 0 Å². The van der Waals surface area contributed by atoms with Crippen LogP contribution in [-0.2, 0) is 6.54 Å². The van der Waals surface area contributed by atoms with Gasteiger partial charge in [0.05, 0.1) is 5.69 Å². The largest absolute Gasteiger partial charge is 0.476 e. The zero-order valence-corrected chi connectivity index (χ0v) is 6.40. The summed E-state index contributed by atoms with van der Waals surface area (Å²) in [6, 6.07) is 0. The molecule has 0 saturated heterocycles. The van der Waals surface area contributed by atoms with Crippen molar-refractivity contribution >= 4 is 5.97 Å². The molecule has 0 atom stereocenters. The Labute approximate surface area is 63.6 Å². The second-order valence-corrected chi connectivity index (χ2v) is 2.14. The summed E-state index contributed by atoms with van der Waals surface area (Å²) in [5.74, 6) is -1.03. The van der Waals surface area contributed by atoms with E-state index in [9.17, 15) is 4.79 Å². The standard InChI is InChI=1S/C6H9N3O2/c1-3-9-4(2)5(6(10)11)7-8-9/h3H2,1-2H3,(H,10,11). The van der Waals surface area contributed by atoms with E-state index in [0.717, 1.165) is 0 Å². The molecule has 11 heavy (non-hydrogen) atoms. The maximum absolute atomic E-state index is 10.4. The van der Waals surface area contributed by atoms with Gasteiger partial charge in [0.15, 0.2) is 5.69 Å². The molecule has 1 aromatic rings. The fraction of sp³-hybridized carbons (Fsp3) is 0.500. The first-order chi connectivity index (χ1) is 5.16. The van der Waals surface area contributed by atoms with Crippen LogP contribution >= 0.6 is 0 Å². The molecular formula is C6H9N3O2. The zero-order chi connectivity index (χ0) is 8.43. The Morgan fingerprint density at radius 3 is 2.64 bits per heavy atom. The van der Waals surface area contributed by atoms with Gasteiger partial charge in [-0.1, -0.05) is 5.21 Å². The highest BCUT2D eigenvalue weighted by Gasteiger charge is 2.13. The van der Waals surface area contributed by atoms with Crippen molar-refractivity contribution in [1.29, 1.82) is 0 Å². The minimum atomic E-state index is -1.03. The topological polar surface area (TPSA) is 68.0 Å². The van der Waals surface area contributed by atoms with Crippen LogP contribution in [0.2, 0.25) is 0 Å². The highest BCUT2D eigenvalue weighted by atomic mass is 16.4. The quantitative estimate of drug-likeness (QED) is 0.667. The second kappa shape index (κ2) is 2.69. The third-order valence-corrected chi connectivity index (χ3v) is 1.48. The Bertz CT molecular complexity index is 279. The average molecular weight is 155 g/mol. The van der Waals surface area contributed by atoms with Crippen LogP contribution < -0.4 is 0 Å². The van der Waals surface area contributed by atoms with Crippen molar-refractivity contribution in [2.45, 2.75) is 20.4 Å². The number of aryl methyl sites for hydroxylation is 1. The van der Waals surface area contributed by atoms with Crippen LogP contribution in [0, 0.1) is 6.92 Å². The lowest BCUT2D eigenvalue weighted by Gasteiger charge is -1.94. The number of nitrogens with zero attached hydrogens (tertiary/aromatic N) is 3. The van der Waals surface area contributed by atoms with E-state index in [1.165, 1.54) is 0 Å². The van der Waals surface area contributed by atoms with E-state index in [-0.39, 0.29) is 5.69 Å². The first kappa shape index (κ1) is 7.71. The molecule has 0 aliphatic rings. The highest BCUT2D eigenvalue weighted by Crippen LogP contribution is 2.02. The molecule has 0 spiro atoms. The van der Waals surface area contributed by atoms with Gasteiger partial charge in [-0.05, 0) is 13.8 Å². The third kappa shape index (κ3) is 1.21. The Kier molecular flexibility index (Phi) is 1.89. The molecule has 1 rings (SSSR count). The highest BCUT2D eigenvalue weighted by molar-refractivity contribution is 5.86. The summed E-state index contributed by atoms with van der Waals surface area (Å²) in [4.78, 5) is 10.4. The van der Waals surface area contributed by atoms with Crippen LogP contribution in [0.1, 0.15) is 23.1 Å². The number of rotatable bonds is 2. The van der Waals surface area contributed by atoms with Crippen LogP contribution in [0.4, 0.5) is 0 Å². The van der Waals surface area contributed by atoms with Gasteiger partial charge in [-0.15, -0.1) is 5.10 Å². The number of carboxylic acid groups (broad SMARTS) is 1. The van der Waals surface area contributed by atoms with Crippen molar-refractivity contribution in [1.82, 2.24) is 15.0 Å². The van der Waals surface area contributed by atoms with Gasteiger partial charge in [-0.3, -0.25) is 0 Å². The molecule has 0 bridgehead atoms. The van der Waals surface area contributed by atoms with Crippen molar-refractivity contribution in [3.8, 4) is 0 Å². The molecule has 5 nitrogen and oxygen atoms in total. The van der Waals surface area contributed by atoms with Crippen molar-refractivity contribution < 1.29 is 9.90 Å². The molecule has 60 valence electrons. The van der Waals surface area contributed by atoms with Gasteiger partial charge in [0.1, 0.15) is 0 Å². The van der Waals surface area contributed by atoms with Crippen LogP contribution in [0.3, 0.4) is 0 Å². The molecule has 1 heterocycles. The molecule has 5 heteroatoms. The summed E-state index contributed by atoms with van der Waals surface area (Å²) in [5.41, 5.74) is 0.631. The number of carbonyl (C=O) groups is 1. The molecule has 0 aromatic carbocycles. The van der Waals surface area contributed by atoms with E-state index in [1.54, 1.807) is 11.6 Å². The maximum Gasteiger partial charge on any atom is 0.358 e.